The van der Waals surface area contributed by atoms with E-state index in [4.69, 9.17) is 0 Å². The van der Waals surface area contributed by atoms with Crippen molar-refractivity contribution in [2.75, 3.05) is 13.1 Å². The Morgan fingerprint density at radius 2 is 2.30 bits per heavy atom. The summed E-state index contributed by atoms with van der Waals surface area (Å²) in [6.07, 6.45) is 4.79. The molecule has 0 aromatic carbocycles. The van der Waals surface area contributed by atoms with Gasteiger partial charge >= 0.3 is 0 Å². The molecule has 1 atom stereocenters. The molecule has 1 saturated heterocycles. The van der Waals surface area contributed by atoms with E-state index in [9.17, 15) is 4.79 Å². The first kappa shape index (κ1) is 13.4. The number of amides is 1. The Kier molecular flexibility index (Phi) is 3.91. The number of aromatic amines is 1. The fourth-order valence-electron chi connectivity index (χ4n) is 2.46. The van der Waals surface area contributed by atoms with Crippen molar-refractivity contribution in [2.24, 2.45) is 0 Å². The number of pyridine rings is 1. The fraction of sp³-hybridized carbons (Fsp3) is 0.500. The van der Waals surface area contributed by atoms with Crippen molar-refractivity contribution in [3.8, 4) is 0 Å². The monoisotopic (exact) mass is 290 g/mol. The first-order valence-corrected chi connectivity index (χ1v) is 7.92. The molecule has 106 valence electrons. The van der Waals surface area contributed by atoms with Gasteiger partial charge < -0.3 is 9.88 Å². The molecule has 1 amide bonds. The summed E-state index contributed by atoms with van der Waals surface area (Å²) in [4.78, 5) is 26.3. The van der Waals surface area contributed by atoms with E-state index < -0.39 is 0 Å². The zero-order valence-electron chi connectivity index (χ0n) is 11.5. The summed E-state index contributed by atoms with van der Waals surface area (Å²) in [6, 6.07) is 3.82. The number of thioether (sulfide) groups is 1. The molecule has 20 heavy (non-hydrogen) atoms. The van der Waals surface area contributed by atoms with Crippen LogP contribution in [-0.2, 0) is 4.79 Å². The highest BCUT2D eigenvalue weighted by Gasteiger charge is 2.26. The average molecular weight is 290 g/mol. The van der Waals surface area contributed by atoms with Crippen molar-refractivity contribution >= 4 is 28.8 Å². The number of H-pyrrole nitrogens is 1. The first-order valence-electron chi connectivity index (χ1n) is 7.04. The largest absolute Gasteiger partial charge is 0.342 e. The van der Waals surface area contributed by atoms with Crippen molar-refractivity contribution in [3.05, 3.63) is 18.3 Å². The normalized spacial score (nSPS) is 16.8. The highest BCUT2D eigenvalue weighted by Crippen LogP contribution is 2.27. The van der Waals surface area contributed by atoms with Crippen LogP contribution in [0.4, 0.5) is 0 Å². The summed E-state index contributed by atoms with van der Waals surface area (Å²) in [5.41, 5.74) is 1.62. The Balaban J connectivity index is 1.75. The number of imidazole rings is 1. The molecule has 2 aromatic rings. The quantitative estimate of drug-likeness (QED) is 0.879. The van der Waals surface area contributed by atoms with E-state index in [0.717, 1.165) is 43.0 Å². The first-order chi connectivity index (χ1) is 9.78. The van der Waals surface area contributed by atoms with Gasteiger partial charge in [-0.1, -0.05) is 18.7 Å². The molecular weight excluding hydrogens is 272 g/mol. The van der Waals surface area contributed by atoms with Crippen molar-refractivity contribution in [2.45, 2.75) is 36.6 Å². The number of carbonyl (C=O) groups is 1. The van der Waals surface area contributed by atoms with Crippen molar-refractivity contribution in [1.29, 1.82) is 0 Å². The van der Waals surface area contributed by atoms with Crippen molar-refractivity contribution < 1.29 is 4.79 Å². The second kappa shape index (κ2) is 5.83. The molecule has 0 aliphatic carbocycles. The highest BCUT2D eigenvalue weighted by molar-refractivity contribution is 8.00. The molecule has 3 heterocycles. The molecule has 1 N–H and O–H groups in total. The molecule has 1 unspecified atom stereocenters. The van der Waals surface area contributed by atoms with Gasteiger partial charge in [0.25, 0.3) is 0 Å². The summed E-state index contributed by atoms with van der Waals surface area (Å²) < 4.78 is 0. The lowest BCUT2D eigenvalue weighted by Crippen LogP contribution is -2.35. The van der Waals surface area contributed by atoms with Crippen LogP contribution in [0.2, 0.25) is 0 Å². The lowest BCUT2D eigenvalue weighted by Gasteiger charge is -2.20. The van der Waals surface area contributed by atoms with E-state index in [1.165, 1.54) is 11.8 Å². The molecular formula is C14H18N4OS. The van der Waals surface area contributed by atoms with Crippen LogP contribution in [0.3, 0.4) is 0 Å². The molecule has 0 bridgehead atoms. The van der Waals surface area contributed by atoms with E-state index in [1.54, 1.807) is 6.20 Å². The molecule has 0 spiro atoms. The Morgan fingerprint density at radius 3 is 3.00 bits per heavy atom. The third-order valence-corrected chi connectivity index (χ3v) is 4.79. The van der Waals surface area contributed by atoms with E-state index in [1.807, 2.05) is 24.0 Å². The third-order valence-electron chi connectivity index (χ3n) is 3.55. The second-order valence-corrected chi connectivity index (χ2v) is 6.16. The van der Waals surface area contributed by atoms with Gasteiger partial charge in [0.15, 0.2) is 10.8 Å². The number of rotatable bonds is 4. The molecule has 1 fully saturated rings. The minimum absolute atomic E-state index is 0.0614. The van der Waals surface area contributed by atoms with Gasteiger partial charge in [0.05, 0.1) is 10.8 Å². The predicted octanol–water partition coefficient (Wildman–Crippen LogP) is 2.45. The van der Waals surface area contributed by atoms with Crippen molar-refractivity contribution in [1.82, 2.24) is 19.9 Å². The Bertz CT molecular complexity index is 573. The minimum atomic E-state index is -0.0614. The molecule has 6 heteroatoms. The average Bonchev–Trinajstić information content (AvgIpc) is 3.12. The Hall–Kier alpha value is -1.56. The molecule has 0 saturated carbocycles. The minimum Gasteiger partial charge on any atom is -0.342 e. The van der Waals surface area contributed by atoms with E-state index in [-0.39, 0.29) is 11.2 Å². The molecule has 1 aliphatic heterocycles. The second-order valence-electron chi connectivity index (χ2n) is 4.96. The molecule has 1 aliphatic rings. The maximum atomic E-state index is 12.4. The number of aromatic nitrogens is 3. The summed E-state index contributed by atoms with van der Waals surface area (Å²) in [6.45, 7) is 3.85. The number of carbonyl (C=O) groups excluding carboxylic acids is 1. The van der Waals surface area contributed by atoms with E-state index in [0.29, 0.717) is 5.65 Å². The van der Waals surface area contributed by atoms with Gasteiger partial charge in [0, 0.05) is 19.3 Å². The van der Waals surface area contributed by atoms with Gasteiger partial charge in [-0.05, 0) is 31.4 Å². The predicted molar refractivity (Wildman–Crippen MR) is 79.6 cm³/mol. The Labute approximate surface area is 122 Å². The number of hydrogen-bond acceptors (Lipinski definition) is 4. The molecule has 3 rings (SSSR count). The SMILES string of the molecule is CCC(Sc1nc2ncccc2[nH]1)C(=O)N1CCCC1. The van der Waals surface area contributed by atoms with Crippen LogP contribution < -0.4 is 0 Å². The maximum Gasteiger partial charge on any atom is 0.236 e. The maximum absolute atomic E-state index is 12.4. The van der Waals surface area contributed by atoms with Gasteiger partial charge in [-0.2, -0.15) is 0 Å². The van der Waals surface area contributed by atoms with Crippen LogP contribution in [0.25, 0.3) is 11.2 Å². The molecule has 2 aromatic heterocycles. The zero-order chi connectivity index (χ0) is 13.9. The zero-order valence-corrected chi connectivity index (χ0v) is 12.3. The van der Waals surface area contributed by atoms with Crippen LogP contribution in [0.15, 0.2) is 23.5 Å². The number of likely N-dealkylation sites (tertiary alicyclic amines) is 1. The fourth-order valence-corrected chi connectivity index (χ4v) is 3.46. The summed E-state index contributed by atoms with van der Waals surface area (Å²) in [5.74, 6) is 0.239. The van der Waals surface area contributed by atoms with Crippen LogP contribution in [0.5, 0.6) is 0 Å². The van der Waals surface area contributed by atoms with Gasteiger partial charge in [-0.15, -0.1) is 0 Å². The number of nitrogens with one attached hydrogen (secondary N) is 1. The highest BCUT2D eigenvalue weighted by atomic mass is 32.2. The molecule has 0 radical (unpaired) electrons. The van der Waals surface area contributed by atoms with Crippen LogP contribution in [0.1, 0.15) is 26.2 Å². The third kappa shape index (κ3) is 2.65. The smallest absolute Gasteiger partial charge is 0.236 e. The summed E-state index contributed by atoms with van der Waals surface area (Å²) in [5, 5.41) is 0.715. The van der Waals surface area contributed by atoms with Gasteiger partial charge in [-0.3, -0.25) is 4.79 Å². The van der Waals surface area contributed by atoms with Crippen LogP contribution in [-0.4, -0.2) is 44.1 Å². The summed E-state index contributed by atoms with van der Waals surface area (Å²) >= 11 is 1.51. The lowest BCUT2D eigenvalue weighted by molar-refractivity contribution is -0.129. The molecule has 5 nitrogen and oxygen atoms in total. The van der Waals surface area contributed by atoms with Crippen molar-refractivity contribution in [3.63, 3.8) is 0 Å². The van der Waals surface area contributed by atoms with Gasteiger partial charge in [0.1, 0.15) is 0 Å². The van der Waals surface area contributed by atoms with Crippen LogP contribution >= 0.6 is 11.8 Å². The van der Waals surface area contributed by atoms with E-state index in [2.05, 4.69) is 15.0 Å². The Morgan fingerprint density at radius 1 is 1.50 bits per heavy atom. The van der Waals surface area contributed by atoms with Crippen LogP contribution in [0, 0.1) is 0 Å². The lowest BCUT2D eigenvalue weighted by atomic mass is 10.3. The number of hydrogen-bond donors (Lipinski definition) is 1. The number of nitrogens with zero attached hydrogens (tertiary/aromatic N) is 3. The summed E-state index contributed by atoms with van der Waals surface area (Å²) in [7, 11) is 0. The van der Waals surface area contributed by atoms with Gasteiger partial charge in [0.2, 0.25) is 5.91 Å². The standard InChI is InChI=1S/C14H18N4OS/c1-2-11(13(19)18-8-3-4-9-18)20-14-16-10-6-5-7-15-12(10)17-14/h5-7,11H,2-4,8-9H2,1H3,(H,15,16,17). The van der Waals surface area contributed by atoms with Gasteiger partial charge in [-0.25, -0.2) is 9.97 Å². The number of fused-ring (bicyclic) bond motifs is 1. The topological polar surface area (TPSA) is 61.9 Å². The van der Waals surface area contributed by atoms with E-state index >= 15 is 0 Å².